The molecule has 0 aliphatic rings. The SMILES string of the molecule is [CH2-]c1ccccc1.[Zn+2].[c-]1ccccc1. The summed E-state index contributed by atoms with van der Waals surface area (Å²) < 4.78 is 0. The molecule has 66 valence electrons. The van der Waals surface area contributed by atoms with Gasteiger partial charge < -0.3 is 0 Å². The van der Waals surface area contributed by atoms with Crippen LogP contribution in [0.4, 0.5) is 0 Å². The van der Waals surface area contributed by atoms with Crippen molar-refractivity contribution < 1.29 is 19.5 Å². The molecule has 0 nitrogen and oxygen atoms in total. The Hall–Kier alpha value is -1.07. The van der Waals surface area contributed by atoms with Gasteiger partial charge in [-0.3, -0.25) is 0 Å². The van der Waals surface area contributed by atoms with Gasteiger partial charge in [0.2, 0.25) is 0 Å². The maximum absolute atomic E-state index is 3.72. The average molecular weight is 234 g/mol. The predicted octanol–water partition coefficient (Wildman–Crippen LogP) is 3.35. The maximum Gasteiger partial charge on any atom is 2.00 e. The van der Waals surface area contributed by atoms with E-state index in [4.69, 9.17) is 0 Å². The van der Waals surface area contributed by atoms with Crippen molar-refractivity contribution in [2.45, 2.75) is 0 Å². The molecule has 0 bridgehead atoms. The molecule has 0 N–H and O–H groups in total. The Kier molecular flexibility index (Phi) is 7.88. The Morgan fingerprint density at radius 3 is 1.50 bits per heavy atom. The van der Waals surface area contributed by atoms with Gasteiger partial charge in [-0.05, 0) is 0 Å². The summed E-state index contributed by atoms with van der Waals surface area (Å²) >= 11 is 0. The van der Waals surface area contributed by atoms with Crippen LogP contribution in [0.5, 0.6) is 0 Å². The van der Waals surface area contributed by atoms with Crippen molar-refractivity contribution in [2.75, 3.05) is 0 Å². The second-order valence-corrected chi connectivity index (χ2v) is 2.56. The van der Waals surface area contributed by atoms with Gasteiger partial charge >= 0.3 is 19.5 Å². The number of benzene rings is 2. The summed E-state index contributed by atoms with van der Waals surface area (Å²) in [5.74, 6) is 0. The van der Waals surface area contributed by atoms with Gasteiger partial charge in [-0.2, -0.15) is 61.0 Å². The Labute approximate surface area is 98.7 Å². The van der Waals surface area contributed by atoms with Crippen LogP contribution in [0.25, 0.3) is 0 Å². The molecule has 0 aliphatic heterocycles. The van der Waals surface area contributed by atoms with Crippen LogP contribution < -0.4 is 0 Å². The van der Waals surface area contributed by atoms with Crippen LogP contribution >= 0.6 is 0 Å². The normalized spacial score (nSPS) is 7.71. The Morgan fingerprint density at radius 1 is 0.786 bits per heavy atom. The van der Waals surface area contributed by atoms with E-state index in [0.717, 1.165) is 5.56 Å². The van der Waals surface area contributed by atoms with Crippen molar-refractivity contribution in [1.82, 2.24) is 0 Å². The smallest absolute Gasteiger partial charge is 0.199 e. The Morgan fingerprint density at radius 2 is 1.29 bits per heavy atom. The maximum atomic E-state index is 3.72. The van der Waals surface area contributed by atoms with Crippen molar-refractivity contribution >= 4 is 0 Å². The van der Waals surface area contributed by atoms with Gasteiger partial charge in [0.1, 0.15) is 0 Å². The Bertz CT molecular complexity index is 276. The van der Waals surface area contributed by atoms with Crippen LogP contribution in [0.2, 0.25) is 0 Å². The van der Waals surface area contributed by atoms with Gasteiger partial charge in [0, 0.05) is 0 Å². The van der Waals surface area contributed by atoms with E-state index < -0.39 is 0 Å². The molecule has 2 aromatic rings. The molecular formula is C13H12Zn. The molecule has 0 heterocycles. The molecule has 0 radical (unpaired) electrons. The third-order valence-corrected chi connectivity index (χ3v) is 1.45. The first-order valence-electron chi connectivity index (χ1n) is 4.17. The van der Waals surface area contributed by atoms with Crippen molar-refractivity contribution in [3.63, 3.8) is 0 Å². The second kappa shape index (κ2) is 8.53. The molecule has 0 aliphatic carbocycles. The van der Waals surface area contributed by atoms with Crippen molar-refractivity contribution in [3.05, 3.63) is 79.2 Å². The standard InChI is InChI=1S/C7H7.C6H5.Zn/c1-7-5-3-2-4-6-7;1-2-4-6-5-3-1;/h2-6H,1H2;1-5H;/q2*-1;+2. The zero-order valence-electron chi connectivity index (χ0n) is 8.19. The zero-order chi connectivity index (χ0) is 9.36. The molecule has 1 heteroatoms. The fraction of sp³-hybridized carbons (Fsp3) is 0. The number of hydrogen-bond acceptors (Lipinski definition) is 0. The van der Waals surface area contributed by atoms with Crippen LogP contribution in [0.1, 0.15) is 5.56 Å². The monoisotopic (exact) mass is 232 g/mol. The predicted molar refractivity (Wildman–Crippen MR) is 56.2 cm³/mol. The Balaban J connectivity index is 0.000000227. The van der Waals surface area contributed by atoms with Crippen molar-refractivity contribution in [1.29, 1.82) is 0 Å². The molecule has 0 aromatic heterocycles. The van der Waals surface area contributed by atoms with E-state index >= 15 is 0 Å². The molecule has 2 rings (SSSR count). The van der Waals surface area contributed by atoms with Crippen molar-refractivity contribution in [3.8, 4) is 0 Å². The molecular weight excluding hydrogens is 222 g/mol. The first-order chi connectivity index (χ1) is 6.39. The molecule has 0 saturated heterocycles. The first kappa shape index (κ1) is 12.9. The van der Waals surface area contributed by atoms with Crippen LogP contribution in [0.3, 0.4) is 0 Å². The fourth-order valence-electron chi connectivity index (χ4n) is 0.820. The van der Waals surface area contributed by atoms with Crippen LogP contribution in [0.15, 0.2) is 60.7 Å². The van der Waals surface area contributed by atoms with Crippen molar-refractivity contribution in [2.24, 2.45) is 0 Å². The quantitative estimate of drug-likeness (QED) is 0.484. The molecule has 0 unspecified atom stereocenters. The van der Waals surface area contributed by atoms with E-state index in [0.29, 0.717) is 0 Å². The third-order valence-electron chi connectivity index (χ3n) is 1.45. The van der Waals surface area contributed by atoms with E-state index in [1.54, 1.807) is 0 Å². The van der Waals surface area contributed by atoms with E-state index in [9.17, 15) is 0 Å². The van der Waals surface area contributed by atoms with Crippen LogP contribution in [-0.2, 0) is 19.5 Å². The summed E-state index contributed by atoms with van der Waals surface area (Å²) in [6, 6.07) is 22.4. The van der Waals surface area contributed by atoms with Gasteiger partial charge in [0.25, 0.3) is 0 Å². The second-order valence-electron chi connectivity index (χ2n) is 2.56. The van der Waals surface area contributed by atoms with E-state index in [1.807, 2.05) is 60.7 Å². The van der Waals surface area contributed by atoms with Gasteiger partial charge in [-0.25, -0.2) is 0 Å². The van der Waals surface area contributed by atoms with E-state index in [1.165, 1.54) is 0 Å². The van der Waals surface area contributed by atoms with E-state index in [2.05, 4.69) is 13.0 Å². The summed E-state index contributed by atoms with van der Waals surface area (Å²) in [5, 5.41) is 0. The minimum absolute atomic E-state index is 0. The summed E-state index contributed by atoms with van der Waals surface area (Å²) in [7, 11) is 0. The minimum Gasteiger partial charge on any atom is -0.199 e. The molecule has 14 heavy (non-hydrogen) atoms. The number of hydrogen-bond donors (Lipinski definition) is 0. The third kappa shape index (κ3) is 6.45. The van der Waals surface area contributed by atoms with Gasteiger partial charge in [-0.15, -0.1) is 12.1 Å². The topological polar surface area (TPSA) is 0 Å². The number of rotatable bonds is 0. The largest absolute Gasteiger partial charge is 2.00 e. The molecule has 0 atom stereocenters. The van der Waals surface area contributed by atoms with Crippen LogP contribution in [0, 0.1) is 13.0 Å². The molecule has 0 saturated carbocycles. The summed E-state index contributed by atoms with van der Waals surface area (Å²) in [6.45, 7) is 3.72. The molecule has 2 aromatic carbocycles. The molecule has 0 spiro atoms. The fourth-order valence-corrected chi connectivity index (χ4v) is 0.820. The summed E-state index contributed by atoms with van der Waals surface area (Å²) in [5.41, 5.74) is 1.07. The zero-order valence-corrected chi connectivity index (χ0v) is 11.2. The summed E-state index contributed by atoms with van der Waals surface area (Å²) in [6.07, 6.45) is 0. The molecule has 0 fully saturated rings. The van der Waals surface area contributed by atoms with Gasteiger partial charge in [0.15, 0.2) is 0 Å². The minimum atomic E-state index is 0. The average Bonchev–Trinajstić information content (AvgIpc) is 2.22. The van der Waals surface area contributed by atoms with Crippen LogP contribution in [-0.4, -0.2) is 0 Å². The molecule has 0 amide bonds. The van der Waals surface area contributed by atoms with Gasteiger partial charge in [-0.1, -0.05) is 6.07 Å². The van der Waals surface area contributed by atoms with E-state index in [-0.39, 0.29) is 19.5 Å². The summed E-state index contributed by atoms with van der Waals surface area (Å²) in [4.78, 5) is 0. The van der Waals surface area contributed by atoms with Gasteiger partial charge in [0.05, 0.1) is 0 Å². The first-order valence-corrected chi connectivity index (χ1v) is 4.17.